The lowest BCUT2D eigenvalue weighted by atomic mass is 9.99. The Labute approximate surface area is 375 Å². The highest BCUT2D eigenvalue weighted by atomic mass is 16.5. The number of hydrogen-bond donors (Lipinski definition) is 9. The third-order valence-corrected chi connectivity index (χ3v) is 10.8. The van der Waals surface area contributed by atoms with Crippen molar-refractivity contribution >= 4 is 47.3 Å². The molecule has 352 valence electrons. The molecule has 1 aliphatic rings. The Morgan fingerprint density at radius 1 is 0.656 bits per heavy atom. The molecule has 0 spiro atoms. The van der Waals surface area contributed by atoms with Gasteiger partial charge in [-0.15, -0.1) is 0 Å². The molecule has 2 aromatic carbocycles. The molecule has 64 heavy (non-hydrogen) atoms. The number of hydrogen-bond acceptors (Lipinski definition) is 11. The third kappa shape index (κ3) is 16.3. The normalized spacial score (nSPS) is 24.5. The van der Waals surface area contributed by atoms with Crippen molar-refractivity contribution in [2.45, 2.75) is 142 Å². The molecule has 7 amide bonds. The molecule has 1 aliphatic heterocycles. The average Bonchev–Trinajstić information content (AvgIpc) is 3.24. The molecule has 18 heteroatoms. The Bertz CT molecular complexity index is 1900. The van der Waals surface area contributed by atoms with Gasteiger partial charge in [0.1, 0.15) is 42.4 Å². The maximum absolute atomic E-state index is 14.5. The van der Waals surface area contributed by atoms with Crippen LogP contribution in [0.3, 0.4) is 0 Å². The molecule has 10 atom stereocenters. The predicted molar refractivity (Wildman–Crippen MR) is 236 cm³/mol. The molecule has 0 saturated carbocycles. The number of amides is 7. The minimum atomic E-state index is -1.79. The van der Waals surface area contributed by atoms with E-state index < -0.39 is 114 Å². The average molecular weight is 894 g/mol. The first-order chi connectivity index (χ1) is 30.2. The van der Waals surface area contributed by atoms with E-state index in [0.29, 0.717) is 17.5 Å². The van der Waals surface area contributed by atoms with E-state index in [0.717, 1.165) is 0 Å². The SMILES string of the molecule is CC[C@H](C)C(=O)N[C@H](Cc1ccccc1)C(=O)N[C@@H]1C(=O)N[C@@H](CC(C)C)C(=O)N[C@H](Cc2ccccc2)C(=O)N[C@H](CC(C)C)C(=O)N[C@@H]([C@@H](C)O)C(=O)N[C@@H](CO)C(=O)O[C@@H]1C. The number of cyclic esters (lactones) is 1. The van der Waals surface area contributed by atoms with Gasteiger partial charge in [0.25, 0.3) is 0 Å². The molecule has 0 radical (unpaired) electrons. The summed E-state index contributed by atoms with van der Waals surface area (Å²) < 4.78 is 5.62. The zero-order valence-corrected chi connectivity index (χ0v) is 38.0. The molecular weight excluding hydrogens is 827 g/mol. The van der Waals surface area contributed by atoms with Gasteiger partial charge in [0.05, 0.1) is 12.7 Å². The first kappa shape index (κ1) is 52.5. The summed E-state index contributed by atoms with van der Waals surface area (Å²) in [7, 11) is 0. The Hall–Kier alpha value is -5.88. The zero-order valence-electron chi connectivity index (χ0n) is 38.0. The fraction of sp³-hybridized carbons (Fsp3) is 0.565. The van der Waals surface area contributed by atoms with Crippen LogP contribution in [0.2, 0.25) is 0 Å². The fourth-order valence-electron chi connectivity index (χ4n) is 6.91. The summed E-state index contributed by atoms with van der Waals surface area (Å²) in [6.45, 7) is 12.2. The number of carbonyl (C=O) groups excluding carboxylic acids is 8. The van der Waals surface area contributed by atoms with Gasteiger partial charge in [-0.25, -0.2) is 4.79 Å². The van der Waals surface area contributed by atoms with E-state index in [1.54, 1.807) is 95.3 Å². The highest BCUT2D eigenvalue weighted by molar-refractivity contribution is 5.98. The van der Waals surface area contributed by atoms with Gasteiger partial charge in [-0.3, -0.25) is 33.6 Å². The summed E-state index contributed by atoms with van der Waals surface area (Å²) in [6, 6.07) is 7.26. The van der Waals surface area contributed by atoms with Crippen molar-refractivity contribution in [3.05, 3.63) is 71.8 Å². The number of aliphatic hydroxyl groups excluding tert-OH is 2. The smallest absolute Gasteiger partial charge is 0.331 e. The van der Waals surface area contributed by atoms with E-state index in [1.807, 2.05) is 6.92 Å². The monoisotopic (exact) mass is 893 g/mol. The quantitative estimate of drug-likeness (QED) is 0.110. The lowest BCUT2D eigenvalue weighted by Gasteiger charge is -2.30. The van der Waals surface area contributed by atoms with Crippen LogP contribution in [0.1, 0.15) is 85.8 Å². The topological polar surface area (TPSA) is 270 Å². The Morgan fingerprint density at radius 3 is 1.66 bits per heavy atom. The molecule has 2 aromatic rings. The Kier molecular flexibility index (Phi) is 20.8. The van der Waals surface area contributed by atoms with Crippen molar-refractivity contribution in [1.82, 2.24) is 37.2 Å². The molecule has 9 N–H and O–H groups in total. The highest BCUT2D eigenvalue weighted by Crippen LogP contribution is 2.14. The van der Waals surface area contributed by atoms with Gasteiger partial charge < -0.3 is 52.2 Å². The maximum atomic E-state index is 14.5. The molecular formula is C46H67N7O11. The first-order valence-electron chi connectivity index (χ1n) is 21.9. The van der Waals surface area contributed by atoms with E-state index >= 15 is 0 Å². The van der Waals surface area contributed by atoms with Crippen LogP contribution in [0.15, 0.2) is 60.7 Å². The van der Waals surface area contributed by atoms with Gasteiger partial charge in [0.15, 0.2) is 6.04 Å². The first-order valence-corrected chi connectivity index (χ1v) is 21.9. The van der Waals surface area contributed by atoms with Gasteiger partial charge >= 0.3 is 5.97 Å². The van der Waals surface area contributed by atoms with Gasteiger partial charge in [-0.1, -0.05) is 102 Å². The van der Waals surface area contributed by atoms with Crippen molar-refractivity contribution in [3.8, 4) is 0 Å². The fourth-order valence-corrected chi connectivity index (χ4v) is 6.91. The second-order valence-corrected chi connectivity index (χ2v) is 17.3. The summed E-state index contributed by atoms with van der Waals surface area (Å²) in [6.07, 6.45) is -2.51. The second kappa shape index (κ2) is 25.4. The largest absolute Gasteiger partial charge is 0.458 e. The molecule has 18 nitrogen and oxygen atoms in total. The van der Waals surface area contributed by atoms with Crippen molar-refractivity contribution in [3.63, 3.8) is 0 Å². The van der Waals surface area contributed by atoms with Crippen LogP contribution in [0, 0.1) is 17.8 Å². The van der Waals surface area contributed by atoms with Gasteiger partial charge in [-0.2, -0.15) is 0 Å². The summed E-state index contributed by atoms with van der Waals surface area (Å²) in [4.78, 5) is 111. The van der Waals surface area contributed by atoms with E-state index in [4.69, 9.17) is 4.74 Å². The molecule has 0 unspecified atom stereocenters. The van der Waals surface area contributed by atoms with Crippen LogP contribution >= 0.6 is 0 Å². The number of carbonyl (C=O) groups is 8. The lowest BCUT2D eigenvalue weighted by molar-refractivity contribution is -0.157. The minimum absolute atomic E-state index is 0.0121. The second-order valence-electron chi connectivity index (χ2n) is 17.3. The summed E-state index contributed by atoms with van der Waals surface area (Å²) in [5.41, 5.74) is 1.34. The van der Waals surface area contributed by atoms with Gasteiger partial charge in [0.2, 0.25) is 41.4 Å². The van der Waals surface area contributed by atoms with Crippen molar-refractivity contribution in [2.24, 2.45) is 17.8 Å². The van der Waals surface area contributed by atoms with Gasteiger partial charge in [0, 0.05) is 18.8 Å². The van der Waals surface area contributed by atoms with Crippen molar-refractivity contribution in [2.75, 3.05) is 6.61 Å². The van der Waals surface area contributed by atoms with E-state index in [9.17, 15) is 48.6 Å². The van der Waals surface area contributed by atoms with E-state index in [1.165, 1.54) is 13.8 Å². The highest BCUT2D eigenvalue weighted by Gasteiger charge is 2.39. The van der Waals surface area contributed by atoms with Crippen LogP contribution in [0.5, 0.6) is 0 Å². The molecule has 0 bridgehead atoms. The molecule has 0 aromatic heterocycles. The maximum Gasteiger partial charge on any atom is 0.331 e. The predicted octanol–water partition coefficient (Wildman–Crippen LogP) is 0.322. The number of ether oxygens (including phenoxy) is 1. The number of esters is 1. The summed E-state index contributed by atoms with van der Waals surface area (Å²) in [5, 5.41) is 39.1. The lowest BCUT2D eigenvalue weighted by Crippen LogP contribution is -2.62. The molecule has 3 rings (SSSR count). The Balaban J connectivity index is 2.17. The minimum Gasteiger partial charge on any atom is -0.458 e. The van der Waals surface area contributed by atoms with Crippen LogP contribution in [0.4, 0.5) is 0 Å². The van der Waals surface area contributed by atoms with Crippen LogP contribution < -0.4 is 37.2 Å². The number of rotatable bonds is 15. The van der Waals surface area contributed by atoms with Crippen molar-refractivity contribution < 1.29 is 53.3 Å². The molecule has 1 fully saturated rings. The number of benzene rings is 2. The molecule has 1 heterocycles. The molecule has 1 saturated heterocycles. The number of nitrogens with one attached hydrogen (secondary N) is 7. The van der Waals surface area contributed by atoms with Crippen LogP contribution in [-0.4, -0.2) is 119 Å². The van der Waals surface area contributed by atoms with E-state index in [-0.39, 0.29) is 37.5 Å². The zero-order chi connectivity index (χ0) is 47.7. The summed E-state index contributed by atoms with van der Waals surface area (Å²) >= 11 is 0. The number of aliphatic hydroxyl groups is 2. The molecule has 0 aliphatic carbocycles. The van der Waals surface area contributed by atoms with Gasteiger partial charge in [-0.05, 0) is 56.1 Å². The van der Waals surface area contributed by atoms with Crippen LogP contribution in [0.25, 0.3) is 0 Å². The Morgan fingerprint density at radius 2 is 1.14 bits per heavy atom. The standard InChI is InChI=1S/C46H67N7O11/c1-9-27(6)39(56)47-35(23-31-18-14-11-15-19-31)43(60)53-38-29(8)64-46(63)36(24-54)51-44(61)37(28(7)55)52-42(59)33(21-26(4)5)48-41(58)34(22-30-16-12-10-13-17-30)49-40(57)32(20-25(2)3)50-45(38)62/h10-19,25-29,32-38,54-55H,9,20-24H2,1-8H3,(H,47,56)(H,48,58)(H,49,57)(H,50,62)(H,51,61)(H,52,59)(H,53,60)/t27-,28+,29+,32-,33+,34+,35+,36-,37-,38-/m0/s1. The van der Waals surface area contributed by atoms with E-state index in [2.05, 4.69) is 37.2 Å². The van der Waals surface area contributed by atoms with Crippen molar-refractivity contribution in [1.29, 1.82) is 0 Å². The summed E-state index contributed by atoms with van der Waals surface area (Å²) in [5.74, 6) is -7.79. The van der Waals surface area contributed by atoms with Crippen LogP contribution in [-0.2, 0) is 55.9 Å². The third-order valence-electron chi connectivity index (χ3n) is 10.8.